The molecular formula is C21H32O11. The van der Waals surface area contributed by atoms with Crippen LogP contribution in [0.2, 0.25) is 0 Å². The molecule has 3 aliphatic rings. The minimum atomic E-state index is -1.60. The lowest BCUT2D eigenvalue weighted by Gasteiger charge is -2.43. The number of carbonyl (C=O) groups excluding carboxylic acids is 1. The smallest absolute Gasteiger partial charge is 0.337 e. The zero-order valence-corrected chi connectivity index (χ0v) is 18.1. The molecule has 2 saturated heterocycles. The molecule has 3 heterocycles. The average molecular weight is 460 g/mol. The lowest BCUT2D eigenvalue weighted by molar-refractivity contribution is -0.340. The van der Waals surface area contributed by atoms with Crippen LogP contribution in [-0.2, 0) is 33.2 Å². The van der Waals surface area contributed by atoms with Gasteiger partial charge < -0.3 is 48.8 Å². The molecule has 11 heteroatoms. The van der Waals surface area contributed by atoms with Gasteiger partial charge in [0.2, 0.25) is 6.29 Å². The molecule has 4 N–H and O–H groups in total. The quantitative estimate of drug-likeness (QED) is 0.278. The molecule has 32 heavy (non-hydrogen) atoms. The number of esters is 1. The van der Waals surface area contributed by atoms with Crippen molar-refractivity contribution in [2.24, 2.45) is 11.8 Å². The molecule has 0 bridgehead atoms. The van der Waals surface area contributed by atoms with Crippen LogP contribution in [0.15, 0.2) is 24.5 Å². The van der Waals surface area contributed by atoms with Gasteiger partial charge in [-0.25, -0.2) is 4.79 Å². The maximum atomic E-state index is 12.4. The third kappa shape index (κ3) is 5.32. The van der Waals surface area contributed by atoms with Crippen molar-refractivity contribution in [1.82, 2.24) is 0 Å². The van der Waals surface area contributed by atoms with E-state index in [1.165, 1.54) is 13.4 Å². The average Bonchev–Trinajstić information content (AvgIpc) is 2.79. The maximum absolute atomic E-state index is 12.4. The molecule has 0 unspecified atom stereocenters. The predicted octanol–water partition coefficient (Wildman–Crippen LogP) is -0.824. The molecule has 0 aromatic carbocycles. The van der Waals surface area contributed by atoms with Gasteiger partial charge in [0.25, 0.3) is 0 Å². The zero-order valence-electron chi connectivity index (χ0n) is 18.1. The van der Waals surface area contributed by atoms with Crippen molar-refractivity contribution in [3.63, 3.8) is 0 Å². The topological polar surface area (TPSA) is 153 Å². The van der Waals surface area contributed by atoms with Gasteiger partial charge in [0.15, 0.2) is 12.6 Å². The van der Waals surface area contributed by atoms with Gasteiger partial charge in [0, 0.05) is 18.3 Å². The molecule has 0 aliphatic carbocycles. The van der Waals surface area contributed by atoms with E-state index in [0.717, 1.165) is 6.42 Å². The van der Waals surface area contributed by atoms with Crippen LogP contribution < -0.4 is 0 Å². The number of carbonyl (C=O) groups is 1. The van der Waals surface area contributed by atoms with Crippen LogP contribution in [0.25, 0.3) is 0 Å². The number of rotatable bonds is 7. The van der Waals surface area contributed by atoms with Crippen LogP contribution in [0, 0.1) is 11.8 Å². The third-order valence-corrected chi connectivity index (χ3v) is 5.98. The lowest BCUT2D eigenvalue weighted by atomic mass is 9.81. The fourth-order valence-electron chi connectivity index (χ4n) is 4.09. The molecular weight excluding hydrogens is 428 g/mol. The van der Waals surface area contributed by atoms with Gasteiger partial charge in [-0.1, -0.05) is 6.08 Å². The summed E-state index contributed by atoms with van der Waals surface area (Å²) >= 11 is 0. The van der Waals surface area contributed by atoms with Crippen LogP contribution in [0.3, 0.4) is 0 Å². The molecule has 0 saturated carbocycles. The van der Waals surface area contributed by atoms with E-state index >= 15 is 0 Å². The highest BCUT2D eigenvalue weighted by Crippen LogP contribution is 2.38. The SMILES string of the molecule is C=C[C@@H]1[C@@H](O[C@H]2O[C@@H](CO)[C@H](O)[C@@H](O)[C@@H]2O)OC=C(C(=O)OC)[C@H]1C[C@H]1OCC[C@@H](C)O1. The Labute approximate surface area is 186 Å². The van der Waals surface area contributed by atoms with E-state index in [-0.39, 0.29) is 11.7 Å². The molecule has 3 aliphatic heterocycles. The number of methoxy groups -OCH3 is 1. The predicted molar refractivity (Wildman–Crippen MR) is 107 cm³/mol. The summed E-state index contributed by atoms with van der Waals surface area (Å²) in [5.41, 5.74) is 0.247. The Morgan fingerprint density at radius 3 is 2.59 bits per heavy atom. The Balaban J connectivity index is 1.80. The molecule has 0 aromatic heterocycles. The molecule has 0 aromatic rings. The first kappa shape index (κ1) is 25.1. The van der Waals surface area contributed by atoms with Gasteiger partial charge in [-0.15, -0.1) is 6.58 Å². The summed E-state index contributed by atoms with van der Waals surface area (Å²) in [7, 11) is 1.26. The Bertz CT molecular complexity index is 681. The Kier molecular flexibility index (Phi) is 8.64. The molecule has 2 fully saturated rings. The van der Waals surface area contributed by atoms with E-state index in [4.69, 9.17) is 28.4 Å². The first-order valence-electron chi connectivity index (χ1n) is 10.6. The minimum absolute atomic E-state index is 0.00231. The van der Waals surface area contributed by atoms with Crippen molar-refractivity contribution in [2.75, 3.05) is 20.3 Å². The Morgan fingerprint density at radius 1 is 1.22 bits per heavy atom. The number of hydrogen-bond acceptors (Lipinski definition) is 11. The Hall–Kier alpha value is -1.57. The summed E-state index contributed by atoms with van der Waals surface area (Å²) in [6.45, 7) is 5.70. The van der Waals surface area contributed by atoms with E-state index in [0.29, 0.717) is 13.0 Å². The fourth-order valence-corrected chi connectivity index (χ4v) is 4.09. The van der Waals surface area contributed by atoms with Gasteiger partial charge in [0.1, 0.15) is 24.4 Å². The highest BCUT2D eigenvalue weighted by molar-refractivity contribution is 5.88. The van der Waals surface area contributed by atoms with Gasteiger partial charge in [-0.05, 0) is 13.3 Å². The van der Waals surface area contributed by atoms with E-state index in [1.807, 2.05) is 6.92 Å². The Morgan fingerprint density at radius 2 is 1.97 bits per heavy atom. The molecule has 11 nitrogen and oxygen atoms in total. The maximum Gasteiger partial charge on any atom is 0.337 e. The first-order valence-corrected chi connectivity index (χ1v) is 10.6. The monoisotopic (exact) mass is 460 g/mol. The van der Waals surface area contributed by atoms with Crippen LogP contribution >= 0.6 is 0 Å². The molecule has 0 radical (unpaired) electrons. The number of aliphatic hydroxyl groups is 4. The van der Waals surface area contributed by atoms with Crippen molar-refractivity contribution >= 4 is 5.97 Å². The van der Waals surface area contributed by atoms with Crippen LogP contribution in [0.5, 0.6) is 0 Å². The van der Waals surface area contributed by atoms with Crippen LogP contribution in [0.4, 0.5) is 0 Å². The second-order valence-corrected chi connectivity index (χ2v) is 8.09. The molecule has 10 atom stereocenters. The summed E-state index contributed by atoms with van der Waals surface area (Å²) in [5, 5.41) is 39.7. The summed E-state index contributed by atoms with van der Waals surface area (Å²) in [6, 6.07) is 0. The standard InChI is InChI=1S/C21H32O11/c1-4-11-12(7-15-28-6-5-10(2)30-15)13(19(26)27-3)9-29-20(11)32-21-18(25)17(24)16(23)14(8-22)31-21/h4,9-12,14-18,20-25H,1,5-8H2,2-3H3/t10-,11+,12+,14+,15+,16+,17-,18+,20-,21-/m1/s1. The highest BCUT2D eigenvalue weighted by Gasteiger charge is 2.48. The molecule has 182 valence electrons. The van der Waals surface area contributed by atoms with Crippen LogP contribution in [0.1, 0.15) is 19.8 Å². The number of ether oxygens (including phenoxy) is 6. The first-order chi connectivity index (χ1) is 15.3. The highest BCUT2D eigenvalue weighted by atomic mass is 16.8. The number of aliphatic hydroxyl groups excluding tert-OH is 4. The van der Waals surface area contributed by atoms with Gasteiger partial charge in [-0.3, -0.25) is 0 Å². The minimum Gasteiger partial charge on any atom is -0.471 e. The van der Waals surface area contributed by atoms with Crippen molar-refractivity contribution in [3.05, 3.63) is 24.5 Å². The second-order valence-electron chi connectivity index (χ2n) is 8.09. The molecule has 0 amide bonds. The molecule has 0 spiro atoms. The van der Waals surface area contributed by atoms with E-state index in [2.05, 4.69) is 6.58 Å². The van der Waals surface area contributed by atoms with Crippen molar-refractivity contribution in [3.8, 4) is 0 Å². The largest absolute Gasteiger partial charge is 0.471 e. The van der Waals surface area contributed by atoms with Crippen molar-refractivity contribution in [2.45, 2.75) is 69.2 Å². The summed E-state index contributed by atoms with van der Waals surface area (Å²) in [4.78, 5) is 12.4. The summed E-state index contributed by atoms with van der Waals surface area (Å²) in [6.07, 6.45) is -5.06. The van der Waals surface area contributed by atoms with Gasteiger partial charge in [0.05, 0.1) is 38.3 Å². The zero-order chi connectivity index (χ0) is 23.4. The fraction of sp³-hybridized carbons (Fsp3) is 0.762. The van der Waals surface area contributed by atoms with Gasteiger partial charge in [-0.2, -0.15) is 0 Å². The van der Waals surface area contributed by atoms with Gasteiger partial charge >= 0.3 is 5.97 Å². The van der Waals surface area contributed by atoms with E-state index < -0.39 is 67.7 Å². The molecule has 3 rings (SSSR count). The number of hydrogen-bond donors (Lipinski definition) is 4. The normalized spacial score (nSPS) is 42.5. The van der Waals surface area contributed by atoms with E-state index in [1.54, 1.807) is 6.08 Å². The second kappa shape index (κ2) is 11.0. The summed E-state index contributed by atoms with van der Waals surface area (Å²) in [5.74, 6) is -1.71. The van der Waals surface area contributed by atoms with Crippen molar-refractivity contribution in [1.29, 1.82) is 0 Å². The van der Waals surface area contributed by atoms with E-state index in [9.17, 15) is 25.2 Å². The van der Waals surface area contributed by atoms with Crippen LogP contribution in [-0.4, -0.2) is 96.1 Å². The summed E-state index contributed by atoms with van der Waals surface area (Å²) < 4.78 is 33.2. The van der Waals surface area contributed by atoms with Crippen molar-refractivity contribution < 1.29 is 53.6 Å². The lowest BCUT2D eigenvalue weighted by Crippen LogP contribution is -2.60. The third-order valence-electron chi connectivity index (χ3n) is 5.98.